The lowest BCUT2D eigenvalue weighted by molar-refractivity contribution is 0.0954. The number of hydrogen-bond donors (Lipinski definition) is 1. The lowest BCUT2D eigenvalue weighted by atomic mass is 10.1. The van der Waals surface area contributed by atoms with Gasteiger partial charge in [0.2, 0.25) is 0 Å². The van der Waals surface area contributed by atoms with E-state index in [1.807, 2.05) is 20.8 Å². The third-order valence-electron chi connectivity index (χ3n) is 4.23. The second kappa shape index (κ2) is 6.32. The van der Waals surface area contributed by atoms with Gasteiger partial charge in [-0.05, 0) is 51.3 Å². The van der Waals surface area contributed by atoms with Gasteiger partial charge in [0.1, 0.15) is 10.7 Å². The number of nitrogens with one attached hydrogen (secondary N) is 1. The monoisotopic (exact) mass is 339 g/mol. The fourth-order valence-corrected chi connectivity index (χ4v) is 4.18. The van der Waals surface area contributed by atoms with Crippen LogP contribution in [0.1, 0.15) is 43.4 Å². The first kappa shape index (κ1) is 16.6. The van der Waals surface area contributed by atoms with E-state index in [1.165, 1.54) is 22.5 Å². The Kier molecular flexibility index (Phi) is 4.37. The van der Waals surface area contributed by atoms with Gasteiger partial charge in [0.05, 0.1) is 4.88 Å². The molecule has 4 nitrogen and oxygen atoms in total. The average molecular weight is 339 g/mol. The van der Waals surface area contributed by atoms with Crippen LogP contribution < -0.4 is 5.32 Å². The molecule has 24 heavy (non-hydrogen) atoms. The summed E-state index contributed by atoms with van der Waals surface area (Å²) in [6.07, 6.45) is 0. The van der Waals surface area contributed by atoms with Crippen molar-refractivity contribution < 1.29 is 4.79 Å². The van der Waals surface area contributed by atoms with Crippen LogP contribution in [0.25, 0.3) is 10.2 Å². The summed E-state index contributed by atoms with van der Waals surface area (Å²) in [5, 5.41) is 4.04. The van der Waals surface area contributed by atoms with E-state index in [0.717, 1.165) is 37.7 Å². The highest BCUT2D eigenvalue weighted by Crippen LogP contribution is 2.31. The topological polar surface area (TPSA) is 54.9 Å². The van der Waals surface area contributed by atoms with Gasteiger partial charge >= 0.3 is 0 Å². The summed E-state index contributed by atoms with van der Waals surface area (Å²) in [6.45, 7) is 10.5. The quantitative estimate of drug-likeness (QED) is 0.779. The van der Waals surface area contributed by atoms with Crippen molar-refractivity contribution in [2.75, 3.05) is 0 Å². The largest absolute Gasteiger partial charge is 0.347 e. The highest BCUT2D eigenvalue weighted by atomic mass is 32.1. The van der Waals surface area contributed by atoms with Crippen molar-refractivity contribution in [1.29, 1.82) is 0 Å². The summed E-state index contributed by atoms with van der Waals surface area (Å²) >= 11 is 1.44. The molecule has 1 aromatic carbocycles. The summed E-state index contributed by atoms with van der Waals surface area (Å²) in [7, 11) is 0. The first-order valence-electron chi connectivity index (χ1n) is 7.95. The number of fused-ring (bicyclic) bond motifs is 1. The van der Waals surface area contributed by atoms with E-state index in [4.69, 9.17) is 0 Å². The number of hydrogen-bond acceptors (Lipinski definition) is 4. The average Bonchev–Trinajstić information content (AvgIpc) is 2.83. The Morgan fingerprint density at radius 2 is 1.88 bits per heavy atom. The van der Waals surface area contributed by atoms with Crippen LogP contribution in [0.2, 0.25) is 0 Å². The van der Waals surface area contributed by atoms with Crippen LogP contribution in [0.15, 0.2) is 18.2 Å². The van der Waals surface area contributed by atoms with E-state index in [9.17, 15) is 4.79 Å². The summed E-state index contributed by atoms with van der Waals surface area (Å²) < 4.78 is 0. The lowest BCUT2D eigenvalue weighted by Gasteiger charge is -2.08. The maximum Gasteiger partial charge on any atom is 0.261 e. The van der Waals surface area contributed by atoms with Crippen molar-refractivity contribution in [3.05, 3.63) is 56.8 Å². The van der Waals surface area contributed by atoms with E-state index in [1.54, 1.807) is 0 Å². The second-order valence-electron chi connectivity index (χ2n) is 6.21. The Bertz CT molecular complexity index is 943. The molecule has 2 heterocycles. The number of rotatable bonds is 3. The van der Waals surface area contributed by atoms with Crippen molar-refractivity contribution in [2.45, 2.75) is 41.2 Å². The van der Waals surface area contributed by atoms with Gasteiger partial charge in [0.25, 0.3) is 5.91 Å². The molecule has 124 valence electrons. The second-order valence-corrected chi connectivity index (χ2v) is 7.20. The minimum absolute atomic E-state index is 0.0486. The normalized spacial score (nSPS) is 11.0. The number of carbonyl (C=O) groups is 1. The van der Waals surface area contributed by atoms with Gasteiger partial charge in [0.15, 0.2) is 0 Å². The molecule has 1 amide bonds. The summed E-state index contributed by atoms with van der Waals surface area (Å²) in [5.41, 5.74) is 5.46. The Morgan fingerprint density at radius 3 is 2.58 bits per heavy atom. The third kappa shape index (κ3) is 3.04. The molecule has 0 spiro atoms. The van der Waals surface area contributed by atoms with Crippen LogP contribution in [0.3, 0.4) is 0 Å². The van der Waals surface area contributed by atoms with Crippen LogP contribution in [0, 0.1) is 34.6 Å². The highest BCUT2D eigenvalue weighted by Gasteiger charge is 2.18. The minimum Gasteiger partial charge on any atom is -0.347 e. The number of thiophene rings is 1. The highest BCUT2D eigenvalue weighted by molar-refractivity contribution is 7.20. The summed E-state index contributed by atoms with van der Waals surface area (Å²) in [4.78, 5) is 23.1. The molecule has 3 aromatic rings. The van der Waals surface area contributed by atoms with Crippen LogP contribution in [0.4, 0.5) is 0 Å². The molecular weight excluding hydrogens is 318 g/mol. The molecule has 1 N–H and O–H groups in total. The molecule has 0 saturated carbocycles. The van der Waals surface area contributed by atoms with E-state index >= 15 is 0 Å². The van der Waals surface area contributed by atoms with Crippen LogP contribution in [-0.2, 0) is 6.54 Å². The molecule has 0 aliphatic heterocycles. The zero-order valence-electron chi connectivity index (χ0n) is 14.7. The van der Waals surface area contributed by atoms with Gasteiger partial charge in [-0.25, -0.2) is 9.97 Å². The number of aryl methyl sites for hydroxylation is 5. The number of carbonyl (C=O) groups excluding carboxylic acids is 1. The Labute approximate surface area is 146 Å². The number of nitrogens with zero attached hydrogens (tertiary/aromatic N) is 2. The standard InChI is InChI=1S/C19H21N3OS/c1-10-6-7-15(11(2)8-10)9-20-18(23)17-12(3)16-13(4)21-14(5)22-19(16)24-17/h6-8H,9H2,1-5H3,(H,20,23). The zero-order chi connectivity index (χ0) is 17.4. The molecule has 0 radical (unpaired) electrons. The maximum atomic E-state index is 12.6. The van der Waals surface area contributed by atoms with Crippen LogP contribution in [0.5, 0.6) is 0 Å². The molecule has 0 bridgehead atoms. The smallest absolute Gasteiger partial charge is 0.261 e. The first-order valence-corrected chi connectivity index (χ1v) is 8.77. The van der Waals surface area contributed by atoms with Gasteiger partial charge in [-0.3, -0.25) is 4.79 Å². The lowest BCUT2D eigenvalue weighted by Crippen LogP contribution is -2.22. The predicted molar refractivity (Wildman–Crippen MR) is 98.7 cm³/mol. The van der Waals surface area contributed by atoms with Gasteiger partial charge in [-0.15, -0.1) is 11.3 Å². The zero-order valence-corrected chi connectivity index (χ0v) is 15.5. The van der Waals surface area contributed by atoms with Crippen molar-refractivity contribution in [2.24, 2.45) is 0 Å². The van der Waals surface area contributed by atoms with Gasteiger partial charge < -0.3 is 5.32 Å². The molecule has 0 aliphatic rings. The maximum absolute atomic E-state index is 12.6. The Morgan fingerprint density at radius 1 is 1.12 bits per heavy atom. The summed E-state index contributed by atoms with van der Waals surface area (Å²) in [5.74, 6) is 0.691. The summed E-state index contributed by atoms with van der Waals surface area (Å²) in [6, 6.07) is 6.27. The molecule has 5 heteroatoms. The molecule has 0 aliphatic carbocycles. The van der Waals surface area contributed by atoms with Gasteiger partial charge in [-0.1, -0.05) is 23.8 Å². The number of benzene rings is 1. The molecule has 0 fully saturated rings. The van der Waals surface area contributed by atoms with E-state index < -0.39 is 0 Å². The SMILES string of the molecule is Cc1ccc(CNC(=O)c2sc3nc(C)nc(C)c3c2C)c(C)c1. The third-order valence-corrected chi connectivity index (χ3v) is 5.41. The van der Waals surface area contributed by atoms with Crippen molar-refractivity contribution in [3.8, 4) is 0 Å². The molecule has 0 saturated heterocycles. The Hall–Kier alpha value is -2.27. The molecule has 0 atom stereocenters. The van der Waals surface area contributed by atoms with Crippen LogP contribution >= 0.6 is 11.3 Å². The minimum atomic E-state index is -0.0486. The van der Waals surface area contributed by atoms with E-state index in [-0.39, 0.29) is 5.91 Å². The van der Waals surface area contributed by atoms with Crippen LogP contribution in [-0.4, -0.2) is 15.9 Å². The van der Waals surface area contributed by atoms with E-state index in [2.05, 4.69) is 47.3 Å². The van der Waals surface area contributed by atoms with Gasteiger partial charge in [-0.2, -0.15) is 0 Å². The first-order chi connectivity index (χ1) is 11.4. The fourth-order valence-electron chi connectivity index (χ4n) is 2.99. The number of aromatic nitrogens is 2. The predicted octanol–water partition coefficient (Wildman–Crippen LogP) is 4.16. The van der Waals surface area contributed by atoms with Crippen molar-refractivity contribution in [3.63, 3.8) is 0 Å². The Balaban J connectivity index is 1.86. The molecule has 0 unspecified atom stereocenters. The molecule has 3 rings (SSSR count). The molecular formula is C19H21N3OS. The van der Waals surface area contributed by atoms with Crippen molar-refractivity contribution in [1.82, 2.24) is 15.3 Å². The number of amides is 1. The van der Waals surface area contributed by atoms with E-state index in [0.29, 0.717) is 6.54 Å². The van der Waals surface area contributed by atoms with Gasteiger partial charge in [0, 0.05) is 17.6 Å². The molecule has 2 aromatic heterocycles. The van der Waals surface area contributed by atoms with Crippen molar-refractivity contribution >= 4 is 27.5 Å². The fraction of sp³-hybridized carbons (Fsp3) is 0.316.